The predicted octanol–water partition coefficient (Wildman–Crippen LogP) is 4.40. The summed E-state index contributed by atoms with van der Waals surface area (Å²) >= 11 is 0. The fourth-order valence-electron chi connectivity index (χ4n) is 3.43. The van der Waals surface area contributed by atoms with E-state index in [1.54, 1.807) is 0 Å². The van der Waals surface area contributed by atoms with Crippen molar-refractivity contribution in [2.75, 3.05) is 0 Å². The van der Waals surface area contributed by atoms with E-state index in [9.17, 15) is 4.79 Å². The van der Waals surface area contributed by atoms with E-state index in [1.165, 1.54) is 22.4 Å². The smallest absolute Gasteiger partial charge is 0.258 e. The molecule has 2 aromatic rings. The SMILES string of the molecule is CCc1c(CC)c(CC)n(-c2ccc(C)cc2)c(=O)c1CC. The van der Waals surface area contributed by atoms with Gasteiger partial charge in [0.2, 0.25) is 0 Å². The second-order valence-electron chi connectivity index (χ2n) is 5.77. The van der Waals surface area contributed by atoms with Crippen LogP contribution >= 0.6 is 0 Å². The molecule has 1 heterocycles. The third-order valence-corrected chi connectivity index (χ3v) is 4.50. The van der Waals surface area contributed by atoms with Crippen molar-refractivity contribution in [1.82, 2.24) is 4.57 Å². The molecular weight excluding hydrogens is 270 g/mol. The molecule has 0 N–H and O–H groups in total. The van der Waals surface area contributed by atoms with Crippen molar-refractivity contribution in [1.29, 1.82) is 0 Å². The van der Waals surface area contributed by atoms with Gasteiger partial charge < -0.3 is 0 Å². The lowest BCUT2D eigenvalue weighted by atomic mass is 9.94. The molecule has 1 aromatic carbocycles. The van der Waals surface area contributed by atoms with Gasteiger partial charge in [-0.3, -0.25) is 9.36 Å². The molecule has 0 amide bonds. The Bertz CT molecular complexity index is 708. The van der Waals surface area contributed by atoms with Crippen molar-refractivity contribution in [3.05, 3.63) is 62.6 Å². The van der Waals surface area contributed by atoms with Crippen LogP contribution in [0.3, 0.4) is 0 Å². The molecule has 0 aliphatic rings. The van der Waals surface area contributed by atoms with Crippen LogP contribution in [0.15, 0.2) is 29.1 Å². The zero-order valence-corrected chi connectivity index (χ0v) is 14.5. The molecule has 0 fully saturated rings. The number of benzene rings is 1. The van der Waals surface area contributed by atoms with Crippen molar-refractivity contribution in [3.63, 3.8) is 0 Å². The number of rotatable bonds is 5. The van der Waals surface area contributed by atoms with Crippen molar-refractivity contribution in [2.45, 2.75) is 60.3 Å². The largest absolute Gasteiger partial charge is 0.281 e. The van der Waals surface area contributed by atoms with Gasteiger partial charge >= 0.3 is 0 Å². The number of hydrogen-bond acceptors (Lipinski definition) is 1. The van der Waals surface area contributed by atoms with Gasteiger partial charge in [-0.1, -0.05) is 45.4 Å². The zero-order chi connectivity index (χ0) is 16.3. The van der Waals surface area contributed by atoms with Gasteiger partial charge in [0.05, 0.1) is 0 Å². The summed E-state index contributed by atoms with van der Waals surface area (Å²) in [5.41, 5.74) is 7.16. The summed E-state index contributed by atoms with van der Waals surface area (Å²) < 4.78 is 1.94. The highest BCUT2D eigenvalue weighted by Crippen LogP contribution is 2.22. The van der Waals surface area contributed by atoms with Gasteiger partial charge in [0.1, 0.15) is 0 Å². The van der Waals surface area contributed by atoms with E-state index >= 15 is 0 Å². The van der Waals surface area contributed by atoms with Gasteiger partial charge in [-0.2, -0.15) is 0 Å². The van der Waals surface area contributed by atoms with Gasteiger partial charge in [0.15, 0.2) is 0 Å². The van der Waals surface area contributed by atoms with Gasteiger partial charge in [-0.05, 0) is 55.9 Å². The Morgan fingerprint density at radius 1 is 0.773 bits per heavy atom. The molecule has 2 rings (SSSR count). The Morgan fingerprint density at radius 2 is 1.32 bits per heavy atom. The third kappa shape index (κ3) is 2.75. The molecule has 0 saturated carbocycles. The lowest BCUT2D eigenvalue weighted by molar-refractivity contribution is 0.798. The minimum atomic E-state index is 0.164. The molecule has 0 saturated heterocycles. The first kappa shape index (κ1) is 16.5. The van der Waals surface area contributed by atoms with Crippen LogP contribution in [0, 0.1) is 6.92 Å². The Labute approximate surface area is 133 Å². The Hall–Kier alpha value is -1.83. The summed E-state index contributed by atoms with van der Waals surface area (Å²) in [6.07, 6.45) is 3.59. The van der Waals surface area contributed by atoms with Gasteiger partial charge in [0.25, 0.3) is 5.56 Å². The third-order valence-electron chi connectivity index (χ3n) is 4.50. The lowest BCUT2D eigenvalue weighted by Crippen LogP contribution is -2.29. The number of pyridine rings is 1. The van der Waals surface area contributed by atoms with Crippen molar-refractivity contribution in [2.24, 2.45) is 0 Å². The molecule has 0 aliphatic carbocycles. The molecule has 118 valence electrons. The number of aryl methyl sites for hydroxylation is 1. The number of aromatic nitrogens is 1. The second-order valence-corrected chi connectivity index (χ2v) is 5.77. The molecule has 0 bridgehead atoms. The van der Waals surface area contributed by atoms with Crippen LogP contribution in [-0.2, 0) is 25.7 Å². The lowest BCUT2D eigenvalue weighted by Gasteiger charge is -2.21. The maximum Gasteiger partial charge on any atom is 0.258 e. The van der Waals surface area contributed by atoms with E-state index in [0.717, 1.165) is 36.9 Å². The fourth-order valence-corrected chi connectivity index (χ4v) is 3.43. The van der Waals surface area contributed by atoms with E-state index in [-0.39, 0.29) is 5.56 Å². The van der Waals surface area contributed by atoms with Crippen LogP contribution in [-0.4, -0.2) is 4.57 Å². The fraction of sp³-hybridized carbons (Fsp3) is 0.450. The van der Waals surface area contributed by atoms with Crippen LogP contribution in [0.1, 0.15) is 55.6 Å². The highest BCUT2D eigenvalue weighted by molar-refractivity contribution is 5.45. The molecule has 0 spiro atoms. The highest BCUT2D eigenvalue weighted by atomic mass is 16.1. The van der Waals surface area contributed by atoms with E-state index < -0.39 is 0 Å². The summed E-state index contributed by atoms with van der Waals surface area (Å²) in [7, 11) is 0. The van der Waals surface area contributed by atoms with Gasteiger partial charge in [0, 0.05) is 16.9 Å². The van der Waals surface area contributed by atoms with Gasteiger partial charge in [-0.25, -0.2) is 0 Å². The normalized spacial score (nSPS) is 11.0. The molecule has 0 radical (unpaired) electrons. The Morgan fingerprint density at radius 3 is 1.77 bits per heavy atom. The molecule has 0 unspecified atom stereocenters. The highest BCUT2D eigenvalue weighted by Gasteiger charge is 2.18. The summed E-state index contributed by atoms with van der Waals surface area (Å²) in [4.78, 5) is 13.1. The summed E-state index contributed by atoms with van der Waals surface area (Å²) in [6, 6.07) is 8.26. The van der Waals surface area contributed by atoms with E-state index in [0.29, 0.717) is 0 Å². The summed E-state index contributed by atoms with van der Waals surface area (Å²) in [5, 5.41) is 0. The number of nitrogens with zero attached hydrogens (tertiary/aromatic N) is 1. The monoisotopic (exact) mass is 297 g/mol. The Kier molecular flexibility index (Phi) is 5.23. The first-order chi connectivity index (χ1) is 10.6. The minimum absolute atomic E-state index is 0.164. The second kappa shape index (κ2) is 6.95. The number of hydrogen-bond donors (Lipinski definition) is 0. The van der Waals surface area contributed by atoms with Crippen LogP contribution < -0.4 is 5.56 Å². The Balaban J connectivity index is 2.88. The maximum atomic E-state index is 13.1. The molecule has 2 heteroatoms. The molecule has 1 aromatic heterocycles. The van der Waals surface area contributed by atoms with Crippen molar-refractivity contribution < 1.29 is 0 Å². The van der Waals surface area contributed by atoms with Crippen molar-refractivity contribution in [3.8, 4) is 5.69 Å². The topological polar surface area (TPSA) is 22.0 Å². The average molecular weight is 297 g/mol. The molecule has 22 heavy (non-hydrogen) atoms. The standard InChI is InChI=1S/C20H27NO/c1-6-16-17(7-2)19(9-4)21(20(22)18(16)8-3)15-12-10-14(5)11-13-15/h10-13H,6-9H2,1-5H3. The molecule has 0 atom stereocenters. The van der Waals surface area contributed by atoms with E-state index in [2.05, 4.69) is 58.9 Å². The summed E-state index contributed by atoms with van der Waals surface area (Å²) in [5.74, 6) is 0. The van der Waals surface area contributed by atoms with Gasteiger partial charge in [-0.15, -0.1) is 0 Å². The average Bonchev–Trinajstić information content (AvgIpc) is 2.54. The van der Waals surface area contributed by atoms with Crippen LogP contribution in [0.5, 0.6) is 0 Å². The quantitative estimate of drug-likeness (QED) is 0.802. The maximum absolute atomic E-state index is 13.1. The molecule has 0 aliphatic heterocycles. The van der Waals surface area contributed by atoms with Crippen LogP contribution in [0.4, 0.5) is 0 Å². The zero-order valence-electron chi connectivity index (χ0n) is 14.5. The van der Waals surface area contributed by atoms with Crippen molar-refractivity contribution >= 4 is 0 Å². The molecule has 2 nitrogen and oxygen atoms in total. The van der Waals surface area contributed by atoms with Crippen LogP contribution in [0.25, 0.3) is 5.69 Å². The molecular formula is C20H27NO. The van der Waals surface area contributed by atoms with Crippen LogP contribution in [0.2, 0.25) is 0 Å². The minimum Gasteiger partial charge on any atom is -0.281 e. The van der Waals surface area contributed by atoms with E-state index in [1.807, 2.05) is 4.57 Å². The van der Waals surface area contributed by atoms with E-state index in [4.69, 9.17) is 0 Å². The summed E-state index contributed by atoms with van der Waals surface area (Å²) in [6.45, 7) is 10.6. The first-order valence-electron chi connectivity index (χ1n) is 8.44. The first-order valence-corrected chi connectivity index (χ1v) is 8.44. The predicted molar refractivity (Wildman–Crippen MR) is 94.3 cm³/mol.